The van der Waals surface area contributed by atoms with Crippen molar-refractivity contribution in [2.24, 2.45) is 0 Å². The fourth-order valence-electron chi connectivity index (χ4n) is 3.09. The molecule has 1 aliphatic rings. The van der Waals surface area contributed by atoms with Gasteiger partial charge in [-0.1, -0.05) is 30.3 Å². The Labute approximate surface area is 148 Å². The molecule has 1 fully saturated rings. The molecule has 0 spiro atoms. The number of carbonyl (C=O) groups excluding carboxylic acids is 1. The Balaban J connectivity index is 1.41. The van der Waals surface area contributed by atoms with Crippen LogP contribution in [0.4, 0.5) is 0 Å². The summed E-state index contributed by atoms with van der Waals surface area (Å²) < 4.78 is 5.25. The minimum Gasteiger partial charge on any atom is -0.467 e. The average molecular weight is 343 g/mol. The third kappa shape index (κ3) is 5.16. The summed E-state index contributed by atoms with van der Waals surface area (Å²) in [5.41, 5.74) is 1.32. The standard InChI is InChI=1S/C19H25N3O3/c23-15-17(18-7-4-12-25-18)20-19(24)14-22-10-8-21(9-11-22)13-16-5-2-1-3-6-16/h1-7,12,17,23H,8-11,13-15H2,(H,20,24). The lowest BCUT2D eigenvalue weighted by molar-refractivity contribution is -0.123. The van der Waals surface area contributed by atoms with E-state index in [0.29, 0.717) is 12.3 Å². The van der Waals surface area contributed by atoms with Crippen LogP contribution >= 0.6 is 0 Å². The van der Waals surface area contributed by atoms with Crippen molar-refractivity contribution in [2.45, 2.75) is 12.6 Å². The molecule has 3 rings (SSSR count). The molecule has 0 saturated carbocycles. The van der Waals surface area contributed by atoms with E-state index in [0.717, 1.165) is 32.7 Å². The van der Waals surface area contributed by atoms with E-state index in [1.165, 1.54) is 11.8 Å². The first-order chi connectivity index (χ1) is 12.2. The highest BCUT2D eigenvalue weighted by Crippen LogP contribution is 2.13. The number of hydrogen-bond acceptors (Lipinski definition) is 5. The van der Waals surface area contributed by atoms with Gasteiger partial charge in [0.15, 0.2) is 0 Å². The van der Waals surface area contributed by atoms with Crippen LogP contribution in [0.15, 0.2) is 53.1 Å². The molecule has 6 heteroatoms. The van der Waals surface area contributed by atoms with Crippen LogP contribution in [-0.4, -0.2) is 60.1 Å². The van der Waals surface area contributed by atoms with Gasteiger partial charge in [0, 0.05) is 32.7 Å². The van der Waals surface area contributed by atoms with Crippen LogP contribution in [0.25, 0.3) is 0 Å². The third-order valence-electron chi connectivity index (χ3n) is 4.49. The lowest BCUT2D eigenvalue weighted by Crippen LogP contribution is -2.49. The van der Waals surface area contributed by atoms with Crippen molar-refractivity contribution >= 4 is 5.91 Å². The molecule has 1 aromatic heterocycles. The predicted octanol–water partition coefficient (Wildman–Crippen LogP) is 1.25. The molecule has 1 atom stereocenters. The van der Waals surface area contributed by atoms with Gasteiger partial charge >= 0.3 is 0 Å². The van der Waals surface area contributed by atoms with Gasteiger partial charge in [-0.05, 0) is 17.7 Å². The van der Waals surface area contributed by atoms with Crippen molar-refractivity contribution in [3.05, 3.63) is 60.1 Å². The Morgan fingerprint density at radius 3 is 2.44 bits per heavy atom. The second-order valence-electron chi connectivity index (χ2n) is 6.36. The monoisotopic (exact) mass is 343 g/mol. The number of amides is 1. The molecule has 1 aliphatic heterocycles. The third-order valence-corrected chi connectivity index (χ3v) is 4.49. The molecule has 0 radical (unpaired) electrons. The highest BCUT2D eigenvalue weighted by Gasteiger charge is 2.21. The molecule has 25 heavy (non-hydrogen) atoms. The molecule has 2 heterocycles. The van der Waals surface area contributed by atoms with Crippen LogP contribution in [0.5, 0.6) is 0 Å². The van der Waals surface area contributed by atoms with Gasteiger partial charge in [0.1, 0.15) is 11.8 Å². The van der Waals surface area contributed by atoms with Crippen molar-refractivity contribution in [1.82, 2.24) is 15.1 Å². The van der Waals surface area contributed by atoms with Gasteiger partial charge in [0.25, 0.3) is 0 Å². The number of hydrogen-bond donors (Lipinski definition) is 2. The van der Waals surface area contributed by atoms with Gasteiger partial charge < -0.3 is 14.8 Å². The van der Waals surface area contributed by atoms with Crippen molar-refractivity contribution in [3.63, 3.8) is 0 Å². The van der Waals surface area contributed by atoms with Gasteiger partial charge in [0.05, 0.1) is 19.4 Å². The summed E-state index contributed by atoms with van der Waals surface area (Å²) in [4.78, 5) is 16.8. The number of carbonyl (C=O) groups is 1. The van der Waals surface area contributed by atoms with E-state index < -0.39 is 6.04 Å². The highest BCUT2D eigenvalue weighted by atomic mass is 16.3. The largest absolute Gasteiger partial charge is 0.467 e. The van der Waals surface area contributed by atoms with Crippen LogP contribution in [0.1, 0.15) is 17.4 Å². The zero-order chi connectivity index (χ0) is 17.5. The maximum absolute atomic E-state index is 12.2. The second kappa shape index (κ2) is 8.80. The Hall–Kier alpha value is -2.15. The van der Waals surface area contributed by atoms with E-state index in [9.17, 15) is 9.90 Å². The smallest absolute Gasteiger partial charge is 0.234 e. The summed E-state index contributed by atoms with van der Waals surface area (Å²) in [6, 6.07) is 13.5. The van der Waals surface area contributed by atoms with E-state index in [1.807, 2.05) is 6.07 Å². The Morgan fingerprint density at radius 1 is 1.08 bits per heavy atom. The molecule has 2 N–H and O–H groups in total. The SMILES string of the molecule is O=C(CN1CCN(Cc2ccccc2)CC1)NC(CO)c1ccco1. The first-order valence-electron chi connectivity index (χ1n) is 8.67. The fraction of sp³-hybridized carbons (Fsp3) is 0.421. The number of aliphatic hydroxyl groups excluding tert-OH is 1. The zero-order valence-corrected chi connectivity index (χ0v) is 14.3. The topological polar surface area (TPSA) is 69.0 Å². The Morgan fingerprint density at radius 2 is 1.80 bits per heavy atom. The van der Waals surface area contributed by atoms with Crippen LogP contribution < -0.4 is 5.32 Å². The van der Waals surface area contributed by atoms with E-state index in [2.05, 4.69) is 39.4 Å². The van der Waals surface area contributed by atoms with E-state index in [4.69, 9.17) is 4.42 Å². The number of aliphatic hydroxyl groups is 1. The average Bonchev–Trinajstić information content (AvgIpc) is 3.17. The minimum atomic E-state index is -0.484. The summed E-state index contributed by atoms with van der Waals surface area (Å²) in [6.07, 6.45) is 1.54. The van der Waals surface area contributed by atoms with Gasteiger partial charge in [-0.15, -0.1) is 0 Å². The number of nitrogens with one attached hydrogen (secondary N) is 1. The molecule has 134 valence electrons. The minimum absolute atomic E-state index is 0.0908. The molecule has 0 aliphatic carbocycles. The fourth-order valence-corrected chi connectivity index (χ4v) is 3.09. The maximum atomic E-state index is 12.2. The summed E-state index contributed by atoms with van der Waals surface area (Å²) >= 11 is 0. The van der Waals surface area contributed by atoms with Crippen molar-refractivity contribution in [2.75, 3.05) is 39.3 Å². The second-order valence-corrected chi connectivity index (χ2v) is 6.36. The molecular formula is C19H25N3O3. The molecular weight excluding hydrogens is 318 g/mol. The first-order valence-corrected chi connectivity index (χ1v) is 8.67. The molecule has 6 nitrogen and oxygen atoms in total. The predicted molar refractivity (Wildman–Crippen MR) is 94.8 cm³/mol. The lowest BCUT2D eigenvalue weighted by atomic mass is 10.2. The molecule has 0 bridgehead atoms. The first kappa shape index (κ1) is 17.7. The lowest BCUT2D eigenvalue weighted by Gasteiger charge is -2.34. The van der Waals surface area contributed by atoms with Gasteiger partial charge in [-0.3, -0.25) is 14.6 Å². The van der Waals surface area contributed by atoms with Crippen LogP contribution in [0, 0.1) is 0 Å². The highest BCUT2D eigenvalue weighted by molar-refractivity contribution is 5.78. The Kier molecular flexibility index (Phi) is 6.22. The van der Waals surface area contributed by atoms with Gasteiger partial charge in [-0.2, -0.15) is 0 Å². The molecule has 1 saturated heterocycles. The van der Waals surface area contributed by atoms with Crippen molar-refractivity contribution in [3.8, 4) is 0 Å². The van der Waals surface area contributed by atoms with Crippen molar-refractivity contribution < 1.29 is 14.3 Å². The van der Waals surface area contributed by atoms with E-state index >= 15 is 0 Å². The molecule has 1 unspecified atom stereocenters. The number of piperazine rings is 1. The summed E-state index contributed by atoms with van der Waals surface area (Å²) in [6.45, 7) is 4.75. The zero-order valence-electron chi connectivity index (χ0n) is 14.3. The number of furan rings is 1. The van der Waals surface area contributed by atoms with Gasteiger partial charge in [0.2, 0.25) is 5.91 Å². The van der Waals surface area contributed by atoms with E-state index in [1.54, 1.807) is 12.1 Å². The Bertz CT molecular complexity index is 637. The number of rotatable bonds is 7. The summed E-state index contributed by atoms with van der Waals surface area (Å²) in [7, 11) is 0. The summed E-state index contributed by atoms with van der Waals surface area (Å²) in [5, 5.41) is 12.3. The van der Waals surface area contributed by atoms with Gasteiger partial charge in [-0.25, -0.2) is 0 Å². The molecule has 2 aromatic rings. The maximum Gasteiger partial charge on any atom is 0.234 e. The summed E-state index contributed by atoms with van der Waals surface area (Å²) in [5.74, 6) is 0.482. The van der Waals surface area contributed by atoms with Crippen LogP contribution in [0.3, 0.4) is 0 Å². The number of benzene rings is 1. The number of nitrogens with zero attached hydrogens (tertiary/aromatic N) is 2. The van der Waals surface area contributed by atoms with Crippen molar-refractivity contribution in [1.29, 1.82) is 0 Å². The normalized spacial score (nSPS) is 17.3. The quantitative estimate of drug-likeness (QED) is 0.792. The van der Waals surface area contributed by atoms with E-state index in [-0.39, 0.29) is 12.5 Å². The molecule has 1 aromatic carbocycles. The molecule has 1 amide bonds. The van der Waals surface area contributed by atoms with Crippen LogP contribution in [-0.2, 0) is 11.3 Å². The van der Waals surface area contributed by atoms with Crippen LogP contribution in [0.2, 0.25) is 0 Å².